The van der Waals surface area contributed by atoms with Crippen molar-refractivity contribution in [3.05, 3.63) is 99.8 Å². The quantitative estimate of drug-likeness (QED) is 0.458. The molecule has 2 aromatic heterocycles. The zero-order valence-electron chi connectivity index (χ0n) is 18.1. The maximum Gasteiger partial charge on any atom is 0.265 e. The van der Waals surface area contributed by atoms with Crippen LogP contribution in [0.5, 0.6) is 0 Å². The Bertz CT molecular complexity index is 1480. The second kappa shape index (κ2) is 8.87. The van der Waals surface area contributed by atoms with Crippen LogP contribution in [0.3, 0.4) is 0 Å². The molecule has 9 heteroatoms. The van der Waals surface area contributed by atoms with Crippen molar-refractivity contribution in [1.29, 1.82) is 0 Å². The highest BCUT2D eigenvalue weighted by molar-refractivity contribution is 7.92. The number of pyridine rings is 2. The molecule has 0 aliphatic carbocycles. The average Bonchev–Trinajstić information content (AvgIpc) is 2.83. The summed E-state index contributed by atoms with van der Waals surface area (Å²) in [6.45, 7) is 2.13. The van der Waals surface area contributed by atoms with Crippen LogP contribution in [0.15, 0.2) is 82.6 Å². The third-order valence-electron chi connectivity index (χ3n) is 5.25. The summed E-state index contributed by atoms with van der Waals surface area (Å²) in [5.74, 6) is -0.481. The van der Waals surface area contributed by atoms with Gasteiger partial charge in [-0.05, 0) is 36.8 Å². The lowest BCUT2D eigenvalue weighted by molar-refractivity contribution is 0.0949. The molecular formula is C24H22N4O4S. The van der Waals surface area contributed by atoms with Crippen LogP contribution in [-0.4, -0.2) is 31.3 Å². The molecule has 1 amide bonds. The van der Waals surface area contributed by atoms with Gasteiger partial charge in [0.1, 0.15) is 16.9 Å². The van der Waals surface area contributed by atoms with Crippen molar-refractivity contribution in [3.63, 3.8) is 0 Å². The first-order valence-corrected chi connectivity index (χ1v) is 11.6. The van der Waals surface area contributed by atoms with Crippen LogP contribution >= 0.6 is 0 Å². The molecule has 168 valence electrons. The summed E-state index contributed by atoms with van der Waals surface area (Å²) in [6, 6.07) is 18.8. The SMILES string of the molecule is Cc1ccc(S(=O)(=O)N(C)c2ccc3[nH]cc(C(=O)NCc4ccccc4)c(=O)c3n2)cc1. The van der Waals surface area contributed by atoms with Crippen LogP contribution < -0.4 is 15.1 Å². The van der Waals surface area contributed by atoms with E-state index in [0.29, 0.717) is 5.52 Å². The Labute approximate surface area is 191 Å². The van der Waals surface area contributed by atoms with Gasteiger partial charge >= 0.3 is 0 Å². The minimum Gasteiger partial charge on any atom is -0.359 e. The Morgan fingerprint density at radius 1 is 1.03 bits per heavy atom. The van der Waals surface area contributed by atoms with Gasteiger partial charge in [0.25, 0.3) is 15.9 Å². The normalized spacial score (nSPS) is 11.3. The van der Waals surface area contributed by atoms with Crippen LogP contribution in [-0.2, 0) is 16.6 Å². The predicted octanol–water partition coefficient (Wildman–Crippen LogP) is 2.99. The number of carbonyl (C=O) groups is 1. The van der Waals surface area contributed by atoms with Gasteiger partial charge in [-0.2, -0.15) is 0 Å². The van der Waals surface area contributed by atoms with E-state index < -0.39 is 21.4 Å². The van der Waals surface area contributed by atoms with Crippen molar-refractivity contribution in [2.75, 3.05) is 11.4 Å². The van der Waals surface area contributed by atoms with Crippen molar-refractivity contribution in [2.45, 2.75) is 18.4 Å². The second-order valence-corrected chi connectivity index (χ2v) is 9.52. The number of fused-ring (bicyclic) bond motifs is 1. The minimum absolute atomic E-state index is 0.0224. The van der Waals surface area contributed by atoms with Gasteiger partial charge in [0.2, 0.25) is 5.43 Å². The number of aromatic nitrogens is 2. The molecule has 0 saturated carbocycles. The standard InChI is InChI=1S/C24H22N4O4S/c1-16-8-10-18(11-9-16)33(31,32)28(2)21-13-12-20-22(27-21)23(29)19(15-25-20)24(30)26-14-17-6-4-3-5-7-17/h3-13,15H,14H2,1-2H3,(H,25,29)(H,26,30). The summed E-state index contributed by atoms with van der Waals surface area (Å²) in [6.07, 6.45) is 1.33. The summed E-state index contributed by atoms with van der Waals surface area (Å²) in [7, 11) is -2.51. The fraction of sp³-hybridized carbons (Fsp3) is 0.125. The number of aromatic amines is 1. The van der Waals surface area contributed by atoms with Crippen LogP contribution in [0, 0.1) is 6.92 Å². The Morgan fingerprint density at radius 3 is 2.42 bits per heavy atom. The molecule has 0 aliphatic heterocycles. The third kappa shape index (κ3) is 4.49. The first-order valence-electron chi connectivity index (χ1n) is 10.2. The first-order chi connectivity index (χ1) is 15.8. The monoisotopic (exact) mass is 462 g/mol. The van der Waals surface area contributed by atoms with Gasteiger partial charge in [0.05, 0.1) is 10.4 Å². The Hall–Kier alpha value is -3.98. The van der Waals surface area contributed by atoms with Crippen LogP contribution in [0.25, 0.3) is 11.0 Å². The van der Waals surface area contributed by atoms with E-state index in [1.165, 1.54) is 31.4 Å². The first kappa shape index (κ1) is 22.2. The highest BCUT2D eigenvalue weighted by Crippen LogP contribution is 2.22. The number of benzene rings is 2. The molecule has 2 heterocycles. The summed E-state index contributed by atoms with van der Waals surface area (Å²) in [5.41, 5.74) is 1.51. The predicted molar refractivity (Wildman–Crippen MR) is 127 cm³/mol. The molecule has 0 aliphatic rings. The van der Waals surface area contributed by atoms with E-state index in [1.54, 1.807) is 18.2 Å². The molecule has 2 aromatic carbocycles. The minimum atomic E-state index is -3.88. The van der Waals surface area contributed by atoms with Crippen LogP contribution in [0.1, 0.15) is 21.5 Å². The number of nitrogens with one attached hydrogen (secondary N) is 2. The number of anilines is 1. The largest absolute Gasteiger partial charge is 0.359 e. The fourth-order valence-corrected chi connectivity index (χ4v) is 4.43. The molecule has 0 bridgehead atoms. The summed E-state index contributed by atoms with van der Waals surface area (Å²) < 4.78 is 27.0. The molecular weight excluding hydrogens is 440 g/mol. The van der Waals surface area contributed by atoms with Crippen molar-refractivity contribution in [1.82, 2.24) is 15.3 Å². The average molecular weight is 463 g/mol. The molecule has 0 atom stereocenters. The summed E-state index contributed by atoms with van der Waals surface area (Å²) in [5, 5.41) is 2.72. The van der Waals surface area contributed by atoms with E-state index >= 15 is 0 Å². The van der Waals surface area contributed by atoms with E-state index in [4.69, 9.17) is 0 Å². The molecule has 2 N–H and O–H groups in total. The number of carbonyl (C=O) groups excluding carboxylic acids is 1. The highest BCUT2D eigenvalue weighted by Gasteiger charge is 2.23. The number of hydrogen-bond acceptors (Lipinski definition) is 5. The van der Waals surface area contributed by atoms with Gasteiger partial charge in [-0.25, -0.2) is 13.4 Å². The highest BCUT2D eigenvalue weighted by atomic mass is 32.2. The zero-order chi connectivity index (χ0) is 23.6. The molecule has 4 rings (SSSR count). The third-order valence-corrected chi connectivity index (χ3v) is 7.03. The molecule has 0 fully saturated rings. The fourth-order valence-electron chi connectivity index (χ4n) is 3.29. The number of aryl methyl sites for hydroxylation is 1. The van der Waals surface area contributed by atoms with E-state index in [-0.39, 0.29) is 28.3 Å². The lowest BCUT2D eigenvalue weighted by atomic mass is 10.2. The molecule has 33 heavy (non-hydrogen) atoms. The van der Waals surface area contributed by atoms with Gasteiger partial charge in [0.15, 0.2) is 0 Å². The Kier molecular flexibility index (Phi) is 5.97. The van der Waals surface area contributed by atoms with Gasteiger partial charge in [-0.3, -0.25) is 13.9 Å². The van der Waals surface area contributed by atoms with Crippen LogP contribution in [0.4, 0.5) is 5.82 Å². The van der Waals surface area contributed by atoms with E-state index in [9.17, 15) is 18.0 Å². The van der Waals surface area contributed by atoms with Crippen molar-refractivity contribution in [3.8, 4) is 0 Å². The second-order valence-electron chi connectivity index (χ2n) is 7.55. The lowest BCUT2D eigenvalue weighted by Crippen LogP contribution is -2.30. The van der Waals surface area contributed by atoms with E-state index in [1.807, 2.05) is 37.3 Å². The Morgan fingerprint density at radius 2 is 1.73 bits per heavy atom. The van der Waals surface area contributed by atoms with E-state index in [2.05, 4.69) is 15.3 Å². The number of nitrogens with zero attached hydrogens (tertiary/aromatic N) is 2. The number of sulfonamides is 1. The molecule has 0 radical (unpaired) electrons. The molecule has 8 nitrogen and oxygen atoms in total. The Balaban J connectivity index is 1.65. The smallest absolute Gasteiger partial charge is 0.265 e. The molecule has 0 spiro atoms. The molecule has 4 aromatic rings. The molecule has 0 unspecified atom stereocenters. The summed E-state index contributed by atoms with van der Waals surface area (Å²) >= 11 is 0. The summed E-state index contributed by atoms with van der Waals surface area (Å²) in [4.78, 5) is 32.9. The van der Waals surface area contributed by atoms with Crippen molar-refractivity contribution < 1.29 is 13.2 Å². The van der Waals surface area contributed by atoms with Gasteiger partial charge in [-0.15, -0.1) is 0 Å². The van der Waals surface area contributed by atoms with Crippen molar-refractivity contribution in [2.24, 2.45) is 0 Å². The van der Waals surface area contributed by atoms with Gasteiger partial charge in [-0.1, -0.05) is 48.0 Å². The number of hydrogen-bond donors (Lipinski definition) is 2. The molecule has 0 saturated heterocycles. The maximum absolute atomic E-state index is 13.0. The lowest BCUT2D eigenvalue weighted by Gasteiger charge is -2.19. The maximum atomic E-state index is 13.0. The van der Waals surface area contributed by atoms with E-state index in [0.717, 1.165) is 15.4 Å². The topological polar surface area (TPSA) is 112 Å². The zero-order valence-corrected chi connectivity index (χ0v) is 18.9. The van der Waals surface area contributed by atoms with Crippen molar-refractivity contribution >= 4 is 32.8 Å². The van der Waals surface area contributed by atoms with Gasteiger partial charge in [0, 0.05) is 19.8 Å². The number of H-pyrrole nitrogens is 1. The van der Waals surface area contributed by atoms with Crippen LogP contribution in [0.2, 0.25) is 0 Å². The number of rotatable bonds is 6. The van der Waals surface area contributed by atoms with Gasteiger partial charge < -0.3 is 10.3 Å². The number of amides is 1.